The Kier molecular flexibility index (Phi) is 3.33. The van der Waals surface area contributed by atoms with Crippen molar-refractivity contribution in [3.05, 3.63) is 34.7 Å². The normalized spacial score (nSPS) is 10.9. The summed E-state index contributed by atoms with van der Waals surface area (Å²) in [5, 5.41) is 9.74. The molecule has 0 aliphatic heterocycles. The van der Waals surface area contributed by atoms with Crippen molar-refractivity contribution in [2.24, 2.45) is 0 Å². The summed E-state index contributed by atoms with van der Waals surface area (Å²) in [6.45, 7) is 2.06. The number of hydrogen-bond acceptors (Lipinski definition) is 2. The third-order valence-corrected chi connectivity index (χ3v) is 2.85. The highest BCUT2D eigenvalue weighted by atomic mass is 35.5. The minimum absolute atomic E-state index is 0.218. The van der Waals surface area contributed by atoms with E-state index < -0.39 is 5.97 Å². The number of fused-ring (bicyclic) bond motifs is 1. The van der Waals surface area contributed by atoms with E-state index in [9.17, 15) is 9.90 Å². The molecule has 0 amide bonds. The zero-order valence-corrected chi connectivity index (χ0v) is 10.2. The van der Waals surface area contributed by atoms with Crippen LogP contribution in [0.3, 0.4) is 0 Å². The van der Waals surface area contributed by atoms with Gasteiger partial charge >= 0.3 is 5.97 Å². The second-order valence-corrected chi connectivity index (χ2v) is 4.33. The molecule has 17 heavy (non-hydrogen) atoms. The van der Waals surface area contributed by atoms with Crippen LogP contribution >= 0.6 is 11.6 Å². The van der Waals surface area contributed by atoms with Crippen LogP contribution in [-0.2, 0) is 6.42 Å². The number of pyridine rings is 1. The summed E-state index contributed by atoms with van der Waals surface area (Å²) in [7, 11) is 0. The van der Waals surface area contributed by atoms with Crippen molar-refractivity contribution in [1.82, 2.24) is 9.38 Å². The smallest absolute Gasteiger partial charge is 0.354 e. The predicted octanol–water partition coefficient (Wildman–Crippen LogP) is 3.03. The average molecular weight is 253 g/mol. The van der Waals surface area contributed by atoms with E-state index in [4.69, 9.17) is 11.6 Å². The lowest BCUT2D eigenvalue weighted by molar-refractivity contribution is 0.0688. The topological polar surface area (TPSA) is 54.6 Å². The summed E-state index contributed by atoms with van der Waals surface area (Å²) in [5.41, 5.74) is 1.47. The van der Waals surface area contributed by atoms with Crippen molar-refractivity contribution in [1.29, 1.82) is 0 Å². The Labute approximate surface area is 104 Å². The van der Waals surface area contributed by atoms with E-state index in [-0.39, 0.29) is 5.69 Å². The summed E-state index contributed by atoms with van der Waals surface area (Å²) in [6, 6.07) is 3.43. The van der Waals surface area contributed by atoms with Gasteiger partial charge in [0, 0.05) is 6.20 Å². The number of unbranched alkanes of at least 4 members (excludes halogenated alkanes) is 1. The SMILES string of the molecule is CCCCc1nc2ccc(Cl)cn2c1C(=O)O. The van der Waals surface area contributed by atoms with Gasteiger partial charge < -0.3 is 5.11 Å². The molecule has 0 atom stereocenters. The summed E-state index contributed by atoms with van der Waals surface area (Å²) in [5.74, 6) is -0.967. The number of rotatable bonds is 4. The molecule has 0 radical (unpaired) electrons. The molecule has 1 N–H and O–H groups in total. The first-order valence-electron chi connectivity index (χ1n) is 5.53. The number of carbonyl (C=O) groups is 1. The molecule has 2 rings (SSSR count). The maximum absolute atomic E-state index is 11.3. The Bertz CT molecular complexity index is 563. The van der Waals surface area contributed by atoms with Crippen LogP contribution in [0.5, 0.6) is 0 Å². The minimum Gasteiger partial charge on any atom is -0.477 e. The lowest BCUT2D eigenvalue weighted by atomic mass is 10.2. The fraction of sp³-hybridized carbons (Fsp3) is 0.333. The van der Waals surface area contributed by atoms with Gasteiger partial charge in [0.2, 0.25) is 0 Å². The number of aromatic carboxylic acids is 1. The maximum atomic E-state index is 11.3. The number of halogens is 1. The van der Waals surface area contributed by atoms with Crippen LogP contribution in [-0.4, -0.2) is 20.5 Å². The number of carboxylic acids is 1. The van der Waals surface area contributed by atoms with Crippen molar-refractivity contribution in [3.8, 4) is 0 Å². The Hall–Kier alpha value is -1.55. The number of aryl methyl sites for hydroxylation is 1. The average Bonchev–Trinajstić information content (AvgIpc) is 2.63. The molecule has 2 aromatic rings. The molecular formula is C12H13ClN2O2. The van der Waals surface area contributed by atoms with Gasteiger partial charge in [-0.05, 0) is 25.0 Å². The van der Waals surface area contributed by atoms with Gasteiger partial charge in [-0.25, -0.2) is 9.78 Å². The zero-order chi connectivity index (χ0) is 12.4. The van der Waals surface area contributed by atoms with Crippen LogP contribution in [0.25, 0.3) is 5.65 Å². The summed E-state index contributed by atoms with van der Waals surface area (Å²) in [6.07, 6.45) is 4.20. The second kappa shape index (κ2) is 4.75. The Balaban J connectivity index is 2.58. The second-order valence-electron chi connectivity index (χ2n) is 3.89. The number of hydrogen-bond donors (Lipinski definition) is 1. The number of aromatic nitrogens is 2. The van der Waals surface area contributed by atoms with E-state index in [2.05, 4.69) is 11.9 Å². The van der Waals surface area contributed by atoms with Crippen LogP contribution in [0.1, 0.15) is 35.9 Å². The van der Waals surface area contributed by atoms with Gasteiger partial charge in [-0.3, -0.25) is 4.40 Å². The molecule has 2 aromatic heterocycles. The van der Waals surface area contributed by atoms with E-state index in [0.29, 0.717) is 22.8 Å². The third-order valence-electron chi connectivity index (χ3n) is 2.62. The van der Waals surface area contributed by atoms with E-state index in [1.165, 1.54) is 4.40 Å². The van der Waals surface area contributed by atoms with Crippen LogP contribution in [0.15, 0.2) is 18.3 Å². The standard InChI is InChI=1S/C12H13ClN2O2/c1-2-3-4-9-11(12(16)17)15-7-8(13)5-6-10(15)14-9/h5-7H,2-4H2,1H3,(H,16,17). The fourth-order valence-electron chi connectivity index (χ4n) is 1.81. The first kappa shape index (κ1) is 11.9. The van der Waals surface area contributed by atoms with Gasteiger partial charge in [0.05, 0.1) is 10.7 Å². The van der Waals surface area contributed by atoms with Crippen molar-refractivity contribution in [3.63, 3.8) is 0 Å². The van der Waals surface area contributed by atoms with Crippen molar-refractivity contribution in [2.45, 2.75) is 26.2 Å². The zero-order valence-electron chi connectivity index (χ0n) is 9.48. The lowest BCUT2D eigenvalue weighted by Crippen LogP contribution is -2.05. The number of imidazole rings is 1. The van der Waals surface area contributed by atoms with Crippen molar-refractivity contribution in [2.75, 3.05) is 0 Å². The molecule has 0 spiro atoms. The number of nitrogens with zero attached hydrogens (tertiary/aromatic N) is 2. The molecule has 0 aliphatic rings. The van der Waals surface area contributed by atoms with E-state index in [1.54, 1.807) is 18.3 Å². The van der Waals surface area contributed by atoms with E-state index in [0.717, 1.165) is 12.8 Å². The molecule has 0 aliphatic carbocycles. The fourth-order valence-corrected chi connectivity index (χ4v) is 1.97. The maximum Gasteiger partial charge on any atom is 0.354 e. The van der Waals surface area contributed by atoms with Crippen LogP contribution < -0.4 is 0 Å². The van der Waals surface area contributed by atoms with Gasteiger partial charge in [-0.15, -0.1) is 0 Å². The van der Waals surface area contributed by atoms with E-state index >= 15 is 0 Å². The Morgan fingerprint density at radius 1 is 1.53 bits per heavy atom. The van der Waals surface area contributed by atoms with Gasteiger partial charge in [-0.2, -0.15) is 0 Å². The van der Waals surface area contributed by atoms with Crippen LogP contribution in [0.4, 0.5) is 0 Å². The highest BCUT2D eigenvalue weighted by molar-refractivity contribution is 6.30. The quantitative estimate of drug-likeness (QED) is 0.910. The molecule has 4 nitrogen and oxygen atoms in total. The third kappa shape index (κ3) is 2.26. The first-order valence-corrected chi connectivity index (χ1v) is 5.91. The van der Waals surface area contributed by atoms with Gasteiger partial charge in [0.15, 0.2) is 5.69 Å². The molecule has 0 saturated heterocycles. The van der Waals surface area contributed by atoms with Gasteiger partial charge in [0.25, 0.3) is 0 Å². The highest BCUT2D eigenvalue weighted by Gasteiger charge is 2.17. The van der Waals surface area contributed by atoms with Crippen molar-refractivity contribution < 1.29 is 9.90 Å². The Morgan fingerprint density at radius 2 is 2.29 bits per heavy atom. The summed E-state index contributed by atoms with van der Waals surface area (Å²) < 4.78 is 1.54. The molecule has 5 heteroatoms. The number of carboxylic acid groups (broad SMARTS) is 1. The molecule has 0 fully saturated rings. The molecule has 0 bridgehead atoms. The van der Waals surface area contributed by atoms with Crippen LogP contribution in [0.2, 0.25) is 5.02 Å². The monoisotopic (exact) mass is 252 g/mol. The predicted molar refractivity (Wildman–Crippen MR) is 65.8 cm³/mol. The minimum atomic E-state index is -0.967. The first-order chi connectivity index (χ1) is 8.13. The Morgan fingerprint density at radius 3 is 2.94 bits per heavy atom. The molecule has 2 heterocycles. The highest BCUT2D eigenvalue weighted by Crippen LogP contribution is 2.18. The summed E-state index contributed by atoms with van der Waals surface area (Å²) in [4.78, 5) is 15.6. The molecule has 0 aromatic carbocycles. The largest absolute Gasteiger partial charge is 0.477 e. The molecule has 90 valence electrons. The van der Waals surface area contributed by atoms with Gasteiger partial charge in [-0.1, -0.05) is 24.9 Å². The lowest BCUT2D eigenvalue weighted by Gasteiger charge is -1.99. The molecular weight excluding hydrogens is 240 g/mol. The van der Waals surface area contributed by atoms with E-state index in [1.807, 2.05) is 0 Å². The van der Waals surface area contributed by atoms with Crippen molar-refractivity contribution >= 4 is 23.2 Å². The summed E-state index contributed by atoms with van der Waals surface area (Å²) >= 11 is 5.87. The molecule has 0 saturated carbocycles. The molecule has 0 unspecified atom stereocenters. The van der Waals surface area contributed by atoms with Gasteiger partial charge in [0.1, 0.15) is 5.65 Å². The van der Waals surface area contributed by atoms with Crippen LogP contribution in [0, 0.1) is 0 Å².